The summed E-state index contributed by atoms with van der Waals surface area (Å²) in [6.45, 7) is 1.70. The molecule has 3 rings (SSSR count). The Morgan fingerprint density at radius 3 is 2.50 bits per heavy atom. The van der Waals surface area contributed by atoms with E-state index >= 15 is 0 Å². The fourth-order valence-corrected chi connectivity index (χ4v) is 2.57. The number of allylic oxidation sites excluding steroid dienone is 1. The van der Waals surface area contributed by atoms with Crippen molar-refractivity contribution >= 4 is 23.1 Å². The first-order valence-corrected chi connectivity index (χ1v) is 8.29. The molecule has 0 fully saturated rings. The molecule has 2 aromatic carbocycles. The maximum absolute atomic E-state index is 12.7. The van der Waals surface area contributed by atoms with E-state index in [1.807, 2.05) is 48.5 Å². The van der Waals surface area contributed by atoms with E-state index in [9.17, 15) is 10.1 Å². The first-order valence-electron chi connectivity index (χ1n) is 7.91. The minimum atomic E-state index is -0.391. The monoisotopic (exact) mass is 362 g/mol. The van der Waals surface area contributed by atoms with Crippen molar-refractivity contribution in [2.75, 3.05) is 5.32 Å². The second-order valence-electron chi connectivity index (χ2n) is 5.60. The molecule has 0 aliphatic heterocycles. The molecule has 0 unspecified atom stereocenters. The Hall–Kier alpha value is -3.29. The molecule has 0 aliphatic rings. The zero-order valence-electron chi connectivity index (χ0n) is 14.0. The van der Waals surface area contributed by atoms with Gasteiger partial charge in [0.25, 0.3) is 0 Å². The van der Waals surface area contributed by atoms with Crippen molar-refractivity contribution in [3.63, 3.8) is 0 Å². The van der Waals surface area contributed by atoms with Crippen LogP contribution in [-0.2, 0) is 0 Å². The highest BCUT2D eigenvalue weighted by Gasteiger charge is 2.19. The molecule has 1 N–H and O–H groups in total. The molecule has 128 valence electrons. The second kappa shape index (κ2) is 7.73. The highest BCUT2D eigenvalue weighted by atomic mass is 35.5. The summed E-state index contributed by atoms with van der Waals surface area (Å²) in [6, 6.07) is 20.0. The Balaban J connectivity index is 1.86. The van der Waals surface area contributed by atoms with Gasteiger partial charge in [0.15, 0.2) is 0 Å². The quantitative estimate of drug-likeness (QED) is 0.364. The number of ketones is 1. The Bertz CT molecular complexity index is 997. The van der Waals surface area contributed by atoms with E-state index in [0.717, 1.165) is 11.3 Å². The number of para-hydroxylation sites is 1. The van der Waals surface area contributed by atoms with Gasteiger partial charge in [-0.05, 0) is 49.4 Å². The van der Waals surface area contributed by atoms with Crippen LogP contribution in [0.15, 0.2) is 76.9 Å². The Labute approximate surface area is 156 Å². The fraction of sp³-hybridized carbons (Fsp3) is 0.0476. The molecule has 5 heteroatoms. The highest BCUT2D eigenvalue weighted by molar-refractivity contribution is 6.30. The molecule has 0 bridgehead atoms. The first-order chi connectivity index (χ1) is 12.6. The summed E-state index contributed by atoms with van der Waals surface area (Å²) in [7, 11) is 0. The van der Waals surface area contributed by atoms with Crippen LogP contribution in [0.3, 0.4) is 0 Å². The number of nitrogens with one attached hydrogen (secondary N) is 1. The van der Waals surface area contributed by atoms with Crippen LogP contribution in [0.5, 0.6) is 0 Å². The highest BCUT2D eigenvalue weighted by Crippen LogP contribution is 2.28. The second-order valence-corrected chi connectivity index (χ2v) is 6.03. The lowest BCUT2D eigenvalue weighted by Crippen LogP contribution is -2.04. The third kappa shape index (κ3) is 3.85. The van der Waals surface area contributed by atoms with Crippen molar-refractivity contribution in [2.45, 2.75) is 6.92 Å². The van der Waals surface area contributed by atoms with Crippen LogP contribution >= 0.6 is 11.6 Å². The van der Waals surface area contributed by atoms with Gasteiger partial charge in [0.05, 0.1) is 5.56 Å². The number of furan rings is 1. The number of anilines is 1. The number of carbonyl (C=O) groups excluding carboxylic acids is 1. The van der Waals surface area contributed by atoms with Gasteiger partial charge in [-0.3, -0.25) is 4.79 Å². The van der Waals surface area contributed by atoms with Gasteiger partial charge >= 0.3 is 0 Å². The first kappa shape index (κ1) is 17.5. The fourth-order valence-electron chi connectivity index (χ4n) is 2.45. The number of hydrogen-bond acceptors (Lipinski definition) is 4. The van der Waals surface area contributed by atoms with Crippen LogP contribution in [0.25, 0.3) is 11.3 Å². The molecule has 0 aliphatic carbocycles. The molecule has 0 amide bonds. The summed E-state index contributed by atoms with van der Waals surface area (Å²) in [5.74, 6) is 0.619. The number of nitriles is 1. The minimum absolute atomic E-state index is 0.000379. The summed E-state index contributed by atoms with van der Waals surface area (Å²) >= 11 is 5.90. The maximum atomic E-state index is 12.7. The molecular formula is C21H15ClN2O2. The summed E-state index contributed by atoms with van der Waals surface area (Å²) in [4.78, 5) is 12.7. The number of carbonyl (C=O) groups is 1. The molecular weight excluding hydrogens is 348 g/mol. The van der Waals surface area contributed by atoms with Gasteiger partial charge in [-0.2, -0.15) is 5.26 Å². The van der Waals surface area contributed by atoms with Crippen molar-refractivity contribution in [3.05, 3.63) is 88.8 Å². The smallest absolute Gasteiger partial charge is 0.208 e. The summed E-state index contributed by atoms with van der Waals surface area (Å²) in [5.41, 5.74) is 1.96. The van der Waals surface area contributed by atoms with Gasteiger partial charge < -0.3 is 9.73 Å². The molecule has 1 heterocycles. The SMILES string of the molecule is Cc1oc(-c2ccc(Cl)cc2)cc1C(=O)/C(C#N)=C/Nc1ccccc1. The normalized spacial score (nSPS) is 11.0. The average molecular weight is 363 g/mol. The largest absolute Gasteiger partial charge is 0.461 e. The number of halogens is 1. The topological polar surface area (TPSA) is 66.0 Å². The van der Waals surface area contributed by atoms with E-state index in [2.05, 4.69) is 5.32 Å². The predicted molar refractivity (Wildman–Crippen MR) is 102 cm³/mol. The summed E-state index contributed by atoms with van der Waals surface area (Å²) in [6.07, 6.45) is 1.41. The van der Waals surface area contributed by atoms with E-state index in [1.54, 1.807) is 25.1 Å². The van der Waals surface area contributed by atoms with Gasteiger partial charge in [-0.1, -0.05) is 29.8 Å². The zero-order valence-corrected chi connectivity index (χ0v) is 14.7. The number of Topliss-reactive ketones (excluding diaryl/α,β-unsaturated/α-hetero) is 1. The number of aryl methyl sites for hydroxylation is 1. The third-order valence-electron chi connectivity index (χ3n) is 3.81. The van der Waals surface area contributed by atoms with Gasteiger partial charge in [0, 0.05) is 22.5 Å². The lowest BCUT2D eigenvalue weighted by Gasteiger charge is -2.01. The van der Waals surface area contributed by atoms with E-state index in [1.165, 1.54) is 6.20 Å². The van der Waals surface area contributed by atoms with E-state index in [4.69, 9.17) is 16.0 Å². The lowest BCUT2D eigenvalue weighted by atomic mass is 10.0. The molecule has 0 spiro atoms. The summed E-state index contributed by atoms with van der Waals surface area (Å²) in [5, 5.41) is 12.9. The van der Waals surface area contributed by atoms with Crippen LogP contribution < -0.4 is 5.32 Å². The van der Waals surface area contributed by atoms with Crippen LogP contribution in [0.2, 0.25) is 5.02 Å². The van der Waals surface area contributed by atoms with Crippen molar-refractivity contribution in [1.82, 2.24) is 0 Å². The molecule has 0 radical (unpaired) electrons. The number of hydrogen-bond donors (Lipinski definition) is 1. The maximum Gasteiger partial charge on any atom is 0.208 e. The van der Waals surface area contributed by atoms with Crippen LogP contribution in [0, 0.1) is 18.3 Å². The Morgan fingerprint density at radius 1 is 1.15 bits per heavy atom. The number of rotatable bonds is 5. The van der Waals surface area contributed by atoms with Gasteiger partial charge in [-0.25, -0.2) is 0 Å². The third-order valence-corrected chi connectivity index (χ3v) is 4.07. The average Bonchev–Trinajstić information content (AvgIpc) is 3.05. The van der Waals surface area contributed by atoms with Gasteiger partial charge in [0.1, 0.15) is 23.2 Å². The molecule has 0 atom stereocenters. The lowest BCUT2D eigenvalue weighted by molar-refractivity contribution is 0.103. The molecule has 4 nitrogen and oxygen atoms in total. The van der Waals surface area contributed by atoms with E-state index < -0.39 is 5.78 Å². The van der Waals surface area contributed by atoms with Crippen LogP contribution in [-0.4, -0.2) is 5.78 Å². The van der Waals surface area contributed by atoms with Crippen molar-refractivity contribution in [2.24, 2.45) is 0 Å². The van der Waals surface area contributed by atoms with Gasteiger partial charge in [0.2, 0.25) is 5.78 Å². The zero-order chi connectivity index (χ0) is 18.5. The van der Waals surface area contributed by atoms with Crippen molar-refractivity contribution in [1.29, 1.82) is 5.26 Å². The predicted octanol–water partition coefficient (Wildman–Crippen LogP) is 5.61. The summed E-state index contributed by atoms with van der Waals surface area (Å²) < 4.78 is 5.70. The van der Waals surface area contributed by atoms with Crippen molar-refractivity contribution in [3.8, 4) is 17.4 Å². The van der Waals surface area contributed by atoms with Crippen LogP contribution in [0.1, 0.15) is 16.1 Å². The van der Waals surface area contributed by atoms with E-state index in [-0.39, 0.29) is 5.57 Å². The number of nitrogens with zero attached hydrogens (tertiary/aromatic N) is 1. The van der Waals surface area contributed by atoms with Crippen molar-refractivity contribution < 1.29 is 9.21 Å². The molecule has 26 heavy (non-hydrogen) atoms. The van der Waals surface area contributed by atoms with E-state index in [0.29, 0.717) is 22.1 Å². The molecule has 0 saturated heterocycles. The Morgan fingerprint density at radius 2 is 1.85 bits per heavy atom. The van der Waals surface area contributed by atoms with Crippen LogP contribution in [0.4, 0.5) is 5.69 Å². The Kier molecular flexibility index (Phi) is 5.21. The molecule has 3 aromatic rings. The molecule has 0 saturated carbocycles. The minimum Gasteiger partial charge on any atom is -0.461 e. The number of benzene rings is 2. The standard InChI is InChI=1S/C21H15ClN2O2/c1-14-19(11-20(26-14)15-7-9-17(22)10-8-15)21(25)16(12-23)13-24-18-5-3-2-4-6-18/h2-11,13,24H,1H3/b16-13+. The van der Waals surface area contributed by atoms with Gasteiger partial charge in [-0.15, -0.1) is 0 Å². The molecule has 1 aromatic heterocycles.